The molecule has 0 amide bonds. The standard InChI is InChI=1S/C15H27NO2/c1-15(2)10-6-5-9-13(15)16(11-14(17)18)12-7-3-4-8-12/h12-13H,3-11H2,1-2H3,(H,17,18). The van der Waals surface area contributed by atoms with Crippen molar-refractivity contribution in [1.82, 2.24) is 4.90 Å². The van der Waals surface area contributed by atoms with Gasteiger partial charge in [0, 0.05) is 12.1 Å². The molecular weight excluding hydrogens is 226 g/mol. The zero-order valence-electron chi connectivity index (χ0n) is 11.8. The van der Waals surface area contributed by atoms with Crippen LogP contribution in [0.3, 0.4) is 0 Å². The van der Waals surface area contributed by atoms with Gasteiger partial charge in [0.15, 0.2) is 0 Å². The van der Waals surface area contributed by atoms with Gasteiger partial charge in [0.25, 0.3) is 0 Å². The topological polar surface area (TPSA) is 40.5 Å². The summed E-state index contributed by atoms with van der Waals surface area (Å²) in [4.78, 5) is 13.5. The fourth-order valence-corrected chi connectivity index (χ4v) is 3.98. The Morgan fingerprint density at radius 3 is 2.33 bits per heavy atom. The first-order valence-electron chi connectivity index (χ1n) is 7.48. The summed E-state index contributed by atoms with van der Waals surface area (Å²) in [5.41, 5.74) is 0.274. The summed E-state index contributed by atoms with van der Waals surface area (Å²) < 4.78 is 0. The van der Waals surface area contributed by atoms with Crippen LogP contribution in [0.25, 0.3) is 0 Å². The Bertz CT molecular complexity index is 295. The second-order valence-corrected chi connectivity index (χ2v) is 6.75. The van der Waals surface area contributed by atoms with Gasteiger partial charge in [0.2, 0.25) is 0 Å². The van der Waals surface area contributed by atoms with Crippen LogP contribution in [0.4, 0.5) is 0 Å². The van der Waals surface area contributed by atoms with Crippen LogP contribution in [-0.4, -0.2) is 34.6 Å². The molecule has 3 nitrogen and oxygen atoms in total. The van der Waals surface area contributed by atoms with E-state index in [-0.39, 0.29) is 12.0 Å². The Morgan fingerprint density at radius 1 is 1.17 bits per heavy atom. The zero-order valence-corrected chi connectivity index (χ0v) is 11.8. The van der Waals surface area contributed by atoms with Crippen molar-refractivity contribution in [2.75, 3.05) is 6.54 Å². The number of nitrogens with zero attached hydrogens (tertiary/aromatic N) is 1. The average Bonchev–Trinajstić information content (AvgIpc) is 2.79. The van der Waals surface area contributed by atoms with Crippen LogP contribution < -0.4 is 0 Å². The molecule has 0 aromatic carbocycles. The van der Waals surface area contributed by atoms with Crippen LogP contribution in [0.5, 0.6) is 0 Å². The van der Waals surface area contributed by atoms with E-state index in [1.165, 1.54) is 51.4 Å². The molecule has 2 fully saturated rings. The Balaban J connectivity index is 2.13. The lowest BCUT2D eigenvalue weighted by Gasteiger charge is -2.47. The number of rotatable bonds is 4. The molecule has 1 atom stereocenters. The molecule has 0 aromatic rings. The zero-order chi connectivity index (χ0) is 13.2. The van der Waals surface area contributed by atoms with Gasteiger partial charge in [-0.2, -0.15) is 0 Å². The molecule has 0 radical (unpaired) electrons. The second-order valence-electron chi connectivity index (χ2n) is 6.75. The highest BCUT2D eigenvalue weighted by atomic mass is 16.4. The van der Waals surface area contributed by atoms with Crippen LogP contribution in [-0.2, 0) is 4.79 Å². The summed E-state index contributed by atoms with van der Waals surface area (Å²) in [5, 5.41) is 9.20. The Labute approximate surface area is 111 Å². The van der Waals surface area contributed by atoms with E-state index in [9.17, 15) is 9.90 Å². The molecule has 2 aliphatic carbocycles. The minimum absolute atomic E-state index is 0.235. The summed E-state index contributed by atoms with van der Waals surface area (Å²) in [7, 11) is 0. The van der Waals surface area contributed by atoms with Crippen LogP contribution in [0, 0.1) is 5.41 Å². The quantitative estimate of drug-likeness (QED) is 0.836. The van der Waals surface area contributed by atoms with E-state index in [4.69, 9.17) is 0 Å². The van der Waals surface area contributed by atoms with Gasteiger partial charge in [-0.1, -0.05) is 39.5 Å². The lowest BCUT2D eigenvalue weighted by Crippen LogP contribution is -2.52. The predicted octanol–water partition coefficient (Wildman–Crippen LogP) is 3.28. The molecule has 1 unspecified atom stereocenters. The molecule has 1 N–H and O–H groups in total. The Hall–Kier alpha value is -0.570. The number of hydrogen-bond acceptors (Lipinski definition) is 2. The van der Waals surface area contributed by atoms with Gasteiger partial charge in [0.1, 0.15) is 0 Å². The fourth-order valence-electron chi connectivity index (χ4n) is 3.98. The first-order chi connectivity index (χ1) is 8.50. The van der Waals surface area contributed by atoms with E-state index in [1.807, 2.05) is 0 Å². The fraction of sp³-hybridized carbons (Fsp3) is 0.933. The molecule has 0 spiro atoms. The number of aliphatic carboxylic acids is 1. The molecule has 3 heteroatoms. The van der Waals surface area contributed by atoms with Gasteiger partial charge >= 0.3 is 5.97 Å². The maximum Gasteiger partial charge on any atom is 0.317 e. The van der Waals surface area contributed by atoms with E-state index in [2.05, 4.69) is 18.7 Å². The number of carbonyl (C=O) groups is 1. The summed E-state index contributed by atoms with van der Waals surface area (Å²) in [5.74, 6) is -0.664. The van der Waals surface area contributed by atoms with E-state index in [0.717, 1.165) is 0 Å². The van der Waals surface area contributed by atoms with Crippen molar-refractivity contribution in [3.63, 3.8) is 0 Å². The van der Waals surface area contributed by atoms with Gasteiger partial charge in [-0.15, -0.1) is 0 Å². The maximum absolute atomic E-state index is 11.2. The minimum Gasteiger partial charge on any atom is -0.480 e. The maximum atomic E-state index is 11.2. The Kier molecular flexibility index (Phi) is 4.31. The monoisotopic (exact) mass is 253 g/mol. The third kappa shape index (κ3) is 3.05. The van der Waals surface area contributed by atoms with Crippen molar-refractivity contribution >= 4 is 5.97 Å². The molecule has 104 valence electrons. The smallest absolute Gasteiger partial charge is 0.317 e. The van der Waals surface area contributed by atoms with Crippen molar-refractivity contribution in [2.24, 2.45) is 5.41 Å². The summed E-state index contributed by atoms with van der Waals surface area (Å²) in [6.07, 6.45) is 9.91. The average molecular weight is 253 g/mol. The SMILES string of the molecule is CC1(C)CCCCC1N(CC(=O)O)C1CCCC1. The molecule has 2 saturated carbocycles. The van der Waals surface area contributed by atoms with Crippen molar-refractivity contribution in [2.45, 2.75) is 77.3 Å². The van der Waals surface area contributed by atoms with Crippen molar-refractivity contribution in [3.05, 3.63) is 0 Å². The lowest BCUT2D eigenvalue weighted by atomic mass is 9.72. The van der Waals surface area contributed by atoms with Gasteiger partial charge in [-0.3, -0.25) is 9.69 Å². The molecule has 0 aromatic heterocycles. The van der Waals surface area contributed by atoms with Crippen LogP contribution >= 0.6 is 0 Å². The van der Waals surface area contributed by atoms with Gasteiger partial charge < -0.3 is 5.11 Å². The predicted molar refractivity (Wildman–Crippen MR) is 72.6 cm³/mol. The van der Waals surface area contributed by atoms with Crippen LogP contribution in [0.2, 0.25) is 0 Å². The first-order valence-corrected chi connectivity index (χ1v) is 7.48. The van der Waals surface area contributed by atoms with E-state index >= 15 is 0 Å². The Morgan fingerprint density at radius 2 is 1.78 bits per heavy atom. The number of hydrogen-bond donors (Lipinski definition) is 1. The minimum atomic E-state index is -0.664. The summed E-state index contributed by atoms with van der Waals surface area (Å²) in [6, 6.07) is 0.980. The molecule has 18 heavy (non-hydrogen) atoms. The van der Waals surface area contributed by atoms with Gasteiger partial charge in [-0.05, 0) is 31.1 Å². The highest BCUT2D eigenvalue weighted by Gasteiger charge is 2.40. The summed E-state index contributed by atoms with van der Waals surface area (Å²) >= 11 is 0. The molecule has 0 heterocycles. The lowest BCUT2D eigenvalue weighted by molar-refractivity contribution is -0.141. The molecule has 0 aliphatic heterocycles. The summed E-state index contributed by atoms with van der Waals surface area (Å²) in [6.45, 7) is 4.88. The van der Waals surface area contributed by atoms with Crippen molar-refractivity contribution in [1.29, 1.82) is 0 Å². The molecular formula is C15H27NO2. The van der Waals surface area contributed by atoms with E-state index in [0.29, 0.717) is 12.1 Å². The number of carboxylic acid groups (broad SMARTS) is 1. The first kappa shape index (κ1) is 13.9. The van der Waals surface area contributed by atoms with Gasteiger partial charge in [-0.25, -0.2) is 0 Å². The van der Waals surface area contributed by atoms with E-state index in [1.54, 1.807) is 0 Å². The molecule has 2 rings (SSSR count). The molecule has 0 saturated heterocycles. The van der Waals surface area contributed by atoms with Crippen LogP contribution in [0.15, 0.2) is 0 Å². The normalized spacial score (nSPS) is 28.7. The largest absolute Gasteiger partial charge is 0.480 e. The molecule has 0 bridgehead atoms. The van der Waals surface area contributed by atoms with Gasteiger partial charge in [0.05, 0.1) is 6.54 Å². The second kappa shape index (κ2) is 5.60. The van der Waals surface area contributed by atoms with Crippen LogP contribution in [0.1, 0.15) is 65.2 Å². The van der Waals surface area contributed by atoms with Crippen molar-refractivity contribution < 1.29 is 9.90 Å². The number of carboxylic acids is 1. The van der Waals surface area contributed by atoms with E-state index < -0.39 is 5.97 Å². The molecule has 2 aliphatic rings. The third-order valence-corrected chi connectivity index (χ3v) is 4.96. The highest BCUT2D eigenvalue weighted by molar-refractivity contribution is 5.69. The highest BCUT2D eigenvalue weighted by Crippen LogP contribution is 2.41. The van der Waals surface area contributed by atoms with Crippen molar-refractivity contribution in [3.8, 4) is 0 Å². The third-order valence-electron chi connectivity index (χ3n) is 4.96.